The van der Waals surface area contributed by atoms with E-state index in [0.717, 1.165) is 28.4 Å². The van der Waals surface area contributed by atoms with Gasteiger partial charge in [-0.25, -0.2) is 0 Å². The summed E-state index contributed by atoms with van der Waals surface area (Å²) in [6.07, 6.45) is 2.31. The van der Waals surface area contributed by atoms with Crippen LogP contribution in [0, 0.1) is 20.8 Å². The first-order valence-corrected chi connectivity index (χ1v) is 28.6. The standard InChI is InChI=1S/C75H65BN2O/c1-45-39-50(48-21-12-10-13-22-48)31-33-53(45)68(54-34-32-51(40-46(54)2)49-23-14-11-15-24-49)52-42-57-55-35-36-67-69(56-25-16-19-30-66(56)79-67)71(55)78(64-44-61-60(41-47(64)3)73(4,5)37-38-74(61,6)7)76-62-28-20-27-59-72(62)77(65(43-52)70(57)76)63-29-18-17-26-58(63)75(59,8)9/h10-36,39-44,68H,37-38H2,1-9H3. The molecule has 0 spiro atoms. The van der Waals surface area contributed by atoms with E-state index in [0.29, 0.717) is 0 Å². The lowest BCUT2D eigenvalue weighted by Gasteiger charge is -2.51. The van der Waals surface area contributed by atoms with Crippen molar-refractivity contribution < 1.29 is 4.42 Å². The lowest BCUT2D eigenvalue weighted by molar-refractivity contribution is 0.332. The molecule has 79 heavy (non-hydrogen) atoms. The summed E-state index contributed by atoms with van der Waals surface area (Å²) < 4.78 is 6.93. The molecule has 0 bridgehead atoms. The van der Waals surface area contributed by atoms with Crippen LogP contribution in [0.25, 0.3) is 55.3 Å². The summed E-state index contributed by atoms with van der Waals surface area (Å²) in [6.45, 7) is 21.6. The zero-order valence-corrected chi connectivity index (χ0v) is 46.9. The van der Waals surface area contributed by atoms with Gasteiger partial charge in [0, 0.05) is 45.0 Å². The summed E-state index contributed by atoms with van der Waals surface area (Å²) in [7, 11) is 0. The van der Waals surface area contributed by atoms with Gasteiger partial charge in [-0.2, -0.15) is 0 Å². The highest BCUT2D eigenvalue weighted by Crippen LogP contribution is 2.58. The van der Waals surface area contributed by atoms with Gasteiger partial charge in [0.05, 0.1) is 11.1 Å². The highest BCUT2D eigenvalue weighted by atomic mass is 16.3. The Labute approximate surface area is 466 Å². The monoisotopic (exact) mass is 1020 g/mol. The zero-order chi connectivity index (χ0) is 53.9. The number of furan rings is 1. The number of nitrogens with zero attached hydrogens (tertiary/aromatic N) is 2. The molecule has 0 amide bonds. The smallest absolute Gasteiger partial charge is 0.333 e. The second kappa shape index (κ2) is 17.1. The molecule has 1 aromatic heterocycles. The van der Waals surface area contributed by atoms with E-state index in [1.165, 1.54) is 135 Å². The minimum absolute atomic E-state index is 0.00508. The average molecular weight is 1020 g/mol. The first-order valence-electron chi connectivity index (χ1n) is 28.6. The zero-order valence-electron chi connectivity index (χ0n) is 46.9. The van der Waals surface area contributed by atoms with Crippen molar-refractivity contribution in [1.29, 1.82) is 0 Å². The van der Waals surface area contributed by atoms with Crippen molar-refractivity contribution in [3.8, 4) is 33.4 Å². The molecular formula is C75H65BN2O. The summed E-state index contributed by atoms with van der Waals surface area (Å²) in [5.74, 6) is -0.101. The Bertz CT molecular complexity index is 4260. The molecule has 11 aromatic rings. The number of hydrogen-bond acceptors (Lipinski definition) is 3. The highest BCUT2D eigenvalue weighted by molar-refractivity contribution is 6.94. The SMILES string of the molecule is Cc1cc(-c2ccccc2)ccc1C(c1cc2c3c(c1)N1c4ccccc4C(C)(C)c4cccc(c41)B3N(c1cc3c(cc1C)C(C)(C)CCC3(C)C)c1c-2ccc2oc3ccccc3c12)c1ccc(-c2ccccc2)cc1C. The molecule has 0 radical (unpaired) electrons. The molecule has 3 aliphatic heterocycles. The normalized spacial score (nSPS) is 15.9. The summed E-state index contributed by atoms with van der Waals surface area (Å²) in [4.78, 5) is 5.47. The largest absolute Gasteiger partial charge is 0.456 e. The molecule has 0 saturated carbocycles. The molecule has 4 aliphatic rings. The quantitative estimate of drug-likeness (QED) is 0.122. The molecule has 384 valence electrons. The van der Waals surface area contributed by atoms with Gasteiger partial charge in [0.25, 0.3) is 0 Å². The van der Waals surface area contributed by atoms with Crippen molar-refractivity contribution in [3.63, 3.8) is 0 Å². The lowest BCUT2D eigenvalue weighted by atomic mass is 9.42. The molecule has 15 rings (SSSR count). The molecule has 3 nitrogen and oxygen atoms in total. The minimum Gasteiger partial charge on any atom is -0.456 e. The number of rotatable bonds is 6. The Hall–Kier alpha value is -8.34. The van der Waals surface area contributed by atoms with Crippen molar-refractivity contribution in [3.05, 3.63) is 256 Å². The van der Waals surface area contributed by atoms with Crippen LogP contribution in [0.1, 0.15) is 116 Å². The van der Waals surface area contributed by atoms with Gasteiger partial charge in [0.2, 0.25) is 0 Å². The maximum absolute atomic E-state index is 6.93. The van der Waals surface area contributed by atoms with Crippen molar-refractivity contribution in [1.82, 2.24) is 0 Å². The van der Waals surface area contributed by atoms with E-state index in [-0.39, 0.29) is 29.0 Å². The summed E-state index contributed by atoms with van der Waals surface area (Å²) >= 11 is 0. The lowest BCUT2D eigenvalue weighted by Crippen LogP contribution is -2.62. The number of anilines is 5. The third-order valence-electron chi connectivity index (χ3n) is 19.2. The van der Waals surface area contributed by atoms with Crippen molar-refractivity contribution in [2.45, 2.75) is 97.3 Å². The van der Waals surface area contributed by atoms with Gasteiger partial charge in [-0.15, -0.1) is 0 Å². The van der Waals surface area contributed by atoms with Crippen LogP contribution in [0.5, 0.6) is 0 Å². The van der Waals surface area contributed by atoms with Crippen LogP contribution in [0.15, 0.2) is 205 Å². The molecule has 4 heteroatoms. The van der Waals surface area contributed by atoms with E-state index in [9.17, 15) is 0 Å². The van der Waals surface area contributed by atoms with Gasteiger partial charge in [-0.1, -0.05) is 205 Å². The minimum atomic E-state index is -0.267. The van der Waals surface area contributed by atoms with Gasteiger partial charge in [0.1, 0.15) is 11.2 Å². The van der Waals surface area contributed by atoms with Crippen LogP contribution in [0.4, 0.5) is 28.4 Å². The molecule has 4 heterocycles. The Balaban J connectivity index is 1.08. The molecule has 0 saturated heterocycles. The summed E-state index contributed by atoms with van der Waals surface area (Å²) in [6, 6.07) is 76.2. The Morgan fingerprint density at radius 1 is 0.443 bits per heavy atom. The molecule has 0 N–H and O–H groups in total. The maximum atomic E-state index is 6.93. The van der Waals surface area contributed by atoms with E-state index in [2.05, 4.69) is 272 Å². The second-order valence-electron chi connectivity index (χ2n) is 25.2. The third-order valence-corrected chi connectivity index (χ3v) is 19.2. The van der Waals surface area contributed by atoms with E-state index in [4.69, 9.17) is 4.42 Å². The molecule has 10 aromatic carbocycles. The number of benzene rings is 10. The van der Waals surface area contributed by atoms with Crippen molar-refractivity contribution in [2.24, 2.45) is 0 Å². The predicted octanol–water partition coefficient (Wildman–Crippen LogP) is 18.7. The van der Waals surface area contributed by atoms with Gasteiger partial charge in [-0.05, 0) is 175 Å². The van der Waals surface area contributed by atoms with Gasteiger partial charge < -0.3 is 14.1 Å². The van der Waals surface area contributed by atoms with Crippen LogP contribution in [-0.2, 0) is 16.2 Å². The van der Waals surface area contributed by atoms with E-state index in [1.54, 1.807) is 0 Å². The molecule has 0 unspecified atom stereocenters. The molecule has 0 fully saturated rings. The Morgan fingerprint density at radius 2 is 1.05 bits per heavy atom. The Morgan fingerprint density at radius 3 is 1.72 bits per heavy atom. The van der Waals surface area contributed by atoms with Crippen LogP contribution in [0.2, 0.25) is 0 Å². The van der Waals surface area contributed by atoms with Crippen LogP contribution in [0.3, 0.4) is 0 Å². The fraction of sp³-hybridized carbons (Fsp3) is 0.200. The molecular weight excluding hydrogens is 956 g/mol. The summed E-state index contributed by atoms with van der Waals surface area (Å²) in [5, 5.41) is 2.30. The van der Waals surface area contributed by atoms with E-state index >= 15 is 0 Å². The molecule has 0 atom stereocenters. The van der Waals surface area contributed by atoms with Gasteiger partial charge >= 0.3 is 6.85 Å². The Kier molecular flexibility index (Phi) is 10.3. The van der Waals surface area contributed by atoms with Crippen LogP contribution < -0.4 is 20.6 Å². The average Bonchev–Trinajstić information content (AvgIpc) is 4.05. The van der Waals surface area contributed by atoms with Gasteiger partial charge in [-0.3, -0.25) is 0 Å². The van der Waals surface area contributed by atoms with E-state index in [1.807, 2.05) is 0 Å². The topological polar surface area (TPSA) is 19.6 Å². The van der Waals surface area contributed by atoms with Crippen LogP contribution in [-0.4, -0.2) is 6.85 Å². The first-order chi connectivity index (χ1) is 38.2. The highest BCUT2D eigenvalue weighted by Gasteiger charge is 2.51. The second-order valence-corrected chi connectivity index (χ2v) is 25.2. The number of para-hydroxylation sites is 3. The van der Waals surface area contributed by atoms with Crippen LogP contribution >= 0.6 is 0 Å². The number of aryl methyl sites for hydroxylation is 3. The van der Waals surface area contributed by atoms with E-state index < -0.39 is 0 Å². The maximum Gasteiger partial charge on any atom is 0.333 e. The van der Waals surface area contributed by atoms with Gasteiger partial charge in [0.15, 0.2) is 0 Å². The fourth-order valence-electron chi connectivity index (χ4n) is 15.0. The fourth-order valence-corrected chi connectivity index (χ4v) is 15.0. The first kappa shape index (κ1) is 47.8. The summed E-state index contributed by atoms with van der Waals surface area (Å²) in [5.41, 5.74) is 31.3. The predicted molar refractivity (Wildman–Crippen MR) is 334 cm³/mol. The number of hydrogen-bond donors (Lipinski definition) is 0. The van der Waals surface area contributed by atoms with Crippen molar-refractivity contribution in [2.75, 3.05) is 9.71 Å². The number of fused-ring (bicyclic) bond motifs is 11. The third kappa shape index (κ3) is 6.99. The van der Waals surface area contributed by atoms with Crippen molar-refractivity contribution >= 4 is 68.1 Å². The molecule has 1 aliphatic carbocycles.